The van der Waals surface area contributed by atoms with Crippen molar-refractivity contribution in [3.05, 3.63) is 70.3 Å². The van der Waals surface area contributed by atoms with Gasteiger partial charge in [0.2, 0.25) is 0 Å². The second-order valence-corrected chi connectivity index (χ2v) is 5.57. The van der Waals surface area contributed by atoms with Gasteiger partial charge in [-0.1, -0.05) is 30.3 Å². The third kappa shape index (κ3) is 3.38. The maximum Gasteiger partial charge on any atom is 0.259 e. The Labute approximate surface area is 141 Å². The quantitative estimate of drug-likeness (QED) is 0.775. The molecular weight excluding hydrogens is 298 g/mol. The Bertz CT molecular complexity index is 906. The molecular formula is C20H21N3O. The lowest BCUT2D eigenvalue weighted by Gasteiger charge is -2.20. The van der Waals surface area contributed by atoms with Crippen molar-refractivity contribution in [2.75, 3.05) is 18.0 Å². The molecule has 24 heavy (non-hydrogen) atoms. The van der Waals surface area contributed by atoms with Crippen LogP contribution in [-0.2, 0) is 0 Å². The van der Waals surface area contributed by atoms with Gasteiger partial charge in [0.1, 0.15) is 5.82 Å². The van der Waals surface area contributed by atoms with Gasteiger partial charge in [0, 0.05) is 18.8 Å². The molecule has 122 valence electrons. The van der Waals surface area contributed by atoms with Gasteiger partial charge in [-0.25, -0.2) is 4.98 Å². The van der Waals surface area contributed by atoms with Gasteiger partial charge >= 0.3 is 0 Å². The van der Waals surface area contributed by atoms with E-state index in [1.54, 1.807) is 6.07 Å². The summed E-state index contributed by atoms with van der Waals surface area (Å²) in [4.78, 5) is 21.6. The second kappa shape index (κ2) is 7.13. The number of hydrogen-bond acceptors (Lipinski definition) is 3. The van der Waals surface area contributed by atoms with Crippen LogP contribution in [-0.4, -0.2) is 23.1 Å². The van der Waals surface area contributed by atoms with E-state index in [1.807, 2.05) is 30.4 Å². The summed E-state index contributed by atoms with van der Waals surface area (Å²) in [5, 5.41) is 0.609. The van der Waals surface area contributed by atoms with Crippen molar-refractivity contribution in [3.8, 4) is 0 Å². The number of nitrogens with zero attached hydrogens (tertiary/aromatic N) is 2. The predicted molar refractivity (Wildman–Crippen MR) is 101 cm³/mol. The summed E-state index contributed by atoms with van der Waals surface area (Å²) in [6.45, 7) is 6.29. The molecule has 2 aromatic carbocycles. The fourth-order valence-electron chi connectivity index (χ4n) is 2.74. The minimum absolute atomic E-state index is 0.114. The van der Waals surface area contributed by atoms with Crippen LogP contribution in [0.2, 0.25) is 0 Å². The molecule has 0 saturated heterocycles. The molecule has 0 bridgehead atoms. The van der Waals surface area contributed by atoms with Gasteiger partial charge in [-0.15, -0.1) is 0 Å². The Morgan fingerprint density at radius 3 is 2.42 bits per heavy atom. The highest BCUT2D eigenvalue weighted by Crippen LogP contribution is 2.16. The first kappa shape index (κ1) is 16.0. The summed E-state index contributed by atoms with van der Waals surface area (Å²) < 4.78 is 0. The van der Waals surface area contributed by atoms with Crippen molar-refractivity contribution in [3.63, 3.8) is 0 Å². The zero-order valence-electron chi connectivity index (χ0n) is 14.0. The molecule has 0 atom stereocenters. The Balaban J connectivity index is 1.84. The molecule has 0 spiro atoms. The third-order valence-corrected chi connectivity index (χ3v) is 4.09. The van der Waals surface area contributed by atoms with E-state index in [0.717, 1.165) is 18.7 Å². The summed E-state index contributed by atoms with van der Waals surface area (Å²) in [6, 6.07) is 15.7. The molecule has 0 aliphatic carbocycles. The van der Waals surface area contributed by atoms with E-state index in [2.05, 4.69) is 53.0 Å². The highest BCUT2D eigenvalue weighted by Gasteiger charge is 2.02. The Morgan fingerprint density at radius 1 is 1.00 bits per heavy atom. The summed E-state index contributed by atoms with van der Waals surface area (Å²) in [5.41, 5.74) is 2.88. The van der Waals surface area contributed by atoms with Gasteiger partial charge in [-0.3, -0.25) is 4.79 Å². The predicted octanol–water partition coefficient (Wildman–Crippen LogP) is 3.94. The molecule has 0 aliphatic heterocycles. The van der Waals surface area contributed by atoms with Gasteiger partial charge in [0.25, 0.3) is 5.56 Å². The van der Waals surface area contributed by atoms with Crippen LogP contribution in [0.1, 0.15) is 25.2 Å². The molecule has 0 unspecified atom stereocenters. The monoisotopic (exact) mass is 319 g/mol. The Morgan fingerprint density at radius 2 is 1.71 bits per heavy atom. The first-order valence-electron chi connectivity index (χ1n) is 8.23. The van der Waals surface area contributed by atoms with Crippen LogP contribution in [0.4, 0.5) is 5.69 Å². The van der Waals surface area contributed by atoms with E-state index in [-0.39, 0.29) is 5.56 Å². The number of benzene rings is 2. The first-order valence-corrected chi connectivity index (χ1v) is 8.23. The summed E-state index contributed by atoms with van der Waals surface area (Å²) >= 11 is 0. The number of anilines is 1. The number of H-pyrrole nitrogens is 1. The topological polar surface area (TPSA) is 49.0 Å². The van der Waals surface area contributed by atoms with Crippen LogP contribution >= 0.6 is 0 Å². The SMILES string of the molecule is CCN(CC)c1ccc(/C=C/c2nc3ccccc3c(=O)[nH]2)cc1. The molecule has 1 N–H and O–H groups in total. The van der Waals surface area contributed by atoms with Crippen molar-refractivity contribution in [2.45, 2.75) is 13.8 Å². The maximum atomic E-state index is 12.1. The van der Waals surface area contributed by atoms with E-state index in [1.165, 1.54) is 5.69 Å². The van der Waals surface area contributed by atoms with E-state index >= 15 is 0 Å². The lowest BCUT2D eigenvalue weighted by Crippen LogP contribution is -2.21. The Kier molecular flexibility index (Phi) is 4.75. The highest BCUT2D eigenvalue weighted by molar-refractivity contribution is 5.79. The summed E-state index contributed by atoms with van der Waals surface area (Å²) in [6.07, 6.45) is 3.79. The first-order chi connectivity index (χ1) is 11.7. The average Bonchev–Trinajstić information content (AvgIpc) is 2.62. The number of aromatic amines is 1. The minimum atomic E-state index is -0.114. The van der Waals surface area contributed by atoms with Gasteiger partial charge < -0.3 is 9.88 Å². The molecule has 3 aromatic rings. The number of para-hydroxylation sites is 1. The lowest BCUT2D eigenvalue weighted by atomic mass is 10.1. The minimum Gasteiger partial charge on any atom is -0.372 e. The average molecular weight is 319 g/mol. The van der Waals surface area contributed by atoms with Crippen molar-refractivity contribution in [1.82, 2.24) is 9.97 Å². The van der Waals surface area contributed by atoms with Crippen LogP contribution in [0.25, 0.3) is 23.1 Å². The molecule has 3 rings (SSSR count). The lowest BCUT2D eigenvalue weighted by molar-refractivity contribution is 0.866. The highest BCUT2D eigenvalue weighted by atomic mass is 16.1. The Hall–Kier alpha value is -2.88. The van der Waals surface area contributed by atoms with Crippen molar-refractivity contribution >= 4 is 28.7 Å². The molecule has 0 radical (unpaired) electrons. The second-order valence-electron chi connectivity index (χ2n) is 5.57. The van der Waals surface area contributed by atoms with Gasteiger partial charge in [-0.2, -0.15) is 0 Å². The van der Waals surface area contributed by atoms with Crippen molar-refractivity contribution in [1.29, 1.82) is 0 Å². The molecule has 1 heterocycles. The van der Waals surface area contributed by atoms with Crippen LogP contribution < -0.4 is 10.5 Å². The number of aromatic nitrogens is 2. The summed E-state index contributed by atoms with van der Waals surface area (Å²) in [5.74, 6) is 0.562. The zero-order valence-corrected chi connectivity index (χ0v) is 14.0. The third-order valence-electron chi connectivity index (χ3n) is 4.09. The number of nitrogens with one attached hydrogen (secondary N) is 1. The van der Waals surface area contributed by atoms with E-state index in [9.17, 15) is 4.79 Å². The van der Waals surface area contributed by atoms with Crippen LogP contribution in [0.15, 0.2) is 53.3 Å². The maximum absolute atomic E-state index is 12.1. The van der Waals surface area contributed by atoms with E-state index < -0.39 is 0 Å². The molecule has 1 aromatic heterocycles. The molecule has 0 fully saturated rings. The van der Waals surface area contributed by atoms with E-state index in [4.69, 9.17) is 0 Å². The van der Waals surface area contributed by atoms with Crippen LogP contribution in [0.3, 0.4) is 0 Å². The summed E-state index contributed by atoms with van der Waals surface area (Å²) in [7, 11) is 0. The van der Waals surface area contributed by atoms with Crippen molar-refractivity contribution < 1.29 is 0 Å². The normalized spacial score (nSPS) is 11.2. The zero-order chi connectivity index (χ0) is 16.9. The smallest absolute Gasteiger partial charge is 0.259 e. The molecule has 0 saturated carbocycles. The van der Waals surface area contributed by atoms with Crippen molar-refractivity contribution in [2.24, 2.45) is 0 Å². The molecule has 0 amide bonds. The van der Waals surface area contributed by atoms with Gasteiger partial charge in [0.05, 0.1) is 10.9 Å². The van der Waals surface area contributed by atoms with Crippen LogP contribution in [0, 0.1) is 0 Å². The molecule has 4 heteroatoms. The van der Waals surface area contributed by atoms with Gasteiger partial charge in [-0.05, 0) is 49.8 Å². The molecule has 4 nitrogen and oxygen atoms in total. The number of fused-ring (bicyclic) bond motifs is 1. The number of hydrogen-bond donors (Lipinski definition) is 1. The van der Waals surface area contributed by atoms with E-state index in [0.29, 0.717) is 16.7 Å². The number of rotatable bonds is 5. The fourth-order valence-corrected chi connectivity index (χ4v) is 2.74. The standard InChI is InChI=1S/C20H21N3O/c1-3-23(4-2)16-12-9-15(10-13-16)11-14-19-21-18-8-6-5-7-17(18)20(24)22-19/h5-14H,3-4H2,1-2H3,(H,21,22,24)/b14-11+. The fraction of sp³-hybridized carbons (Fsp3) is 0.200. The van der Waals surface area contributed by atoms with Gasteiger partial charge in [0.15, 0.2) is 0 Å². The molecule has 0 aliphatic rings. The largest absolute Gasteiger partial charge is 0.372 e. The van der Waals surface area contributed by atoms with Crippen LogP contribution in [0.5, 0.6) is 0 Å².